The molecule has 1 heterocycles. The molecule has 0 fully saturated rings. The first-order valence-electron chi connectivity index (χ1n) is 9.00. The summed E-state index contributed by atoms with van der Waals surface area (Å²) in [5, 5.41) is 12.0. The minimum atomic E-state index is -0.0734. The number of hydrogen-bond donors (Lipinski definition) is 1. The number of amides is 1. The van der Waals surface area contributed by atoms with Crippen LogP contribution in [0.15, 0.2) is 47.6 Å². The van der Waals surface area contributed by atoms with Gasteiger partial charge in [-0.25, -0.2) is 0 Å². The van der Waals surface area contributed by atoms with Crippen LogP contribution in [0.2, 0.25) is 0 Å². The summed E-state index contributed by atoms with van der Waals surface area (Å²) in [5.41, 5.74) is 4.12. The number of benzene rings is 2. The number of carbonyl (C=O) groups is 1. The third kappa shape index (κ3) is 5.13. The molecule has 0 saturated carbocycles. The van der Waals surface area contributed by atoms with Crippen molar-refractivity contribution in [2.75, 3.05) is 11.1 Å². The minimum Gasteiger partial charge on any atom is -0.485 e. The molecule has 6 nitrogen and oxygen atoms in total. The van der Waals surface area contributed by atoms with Crippen molar-refractivity contribution in [3.8, 4) is 5.75 Å². The molecule has 1 N–H and O–H groups in total. The van der Waals surface area contributed by atoms with Gasteiger partial charge in [0, 0.05) is 12.7 Å². The van der Waals surface area contributed by atoms with E-state index in [4.69, 9.17) is 4.74 Å². The summed E-state index contributed by atoms with van der Waals surface area (Å²) in [4.78, 5) is 12.3. The number of hydrogen-bond acceptors (Lipinski definition) is 5. The fourth-order valence-corrected chi connectivity index (χ4v) is 3.56. The van der Waals surface area contributed by atoms with E-state index in [9.17, 15) is 4.79 Å². The van der Waals surface area contributed by atoms with Gasteiger partial charge in [0.1, 0.15) is 12.4 Å². The normalized spacial score (nSPS) is 10.7. The summed E-state index contributed by atoms with van der Waals surface area (Å²) in [7, 11) is 1.88. The zero-order valence-electron chi connectivity index (χ0n) is 16.5. The summed E-state index contributed by atoms with van der Waals surface area (Å²) >= 11 is 1.35. The number of aromatic nitrogens is 3. The lowest BCUT2D eigenvalue weighted by Gasteiger charge is -2.09. The van der Waals surface area contributed by atoms with Crippen LogP contribution in [0, 0.1) is 20.8 Å². The van der Waals surface area contributed by atoms with E-state index in [1.54, 1.807) is 0 Å². The molecule has 3 rings (SSSR count). The lowest BCUT2D eigenvalue weighted by atomic mass is 10.1. The highest BCUT2D eigenvalue weighted by atomic mass is 32.2. The van der Waals surface area contributed by atoms with Crippen LogP contribution in [0.1, 0.15) is 22.5 Å². The standard InChI is InChI=1S/C21H24N4O2S/c1-14-9-15(2)11-17(10-14)22-20(26)13-28-21-24-23-19(25(21)4)12-27-18-8-6-5-7-16(18)3/h5-11H,12-13H2,1-4H3,(H,22,26). The van der Waals surface area contributed by atoms with Crippen LogP contribution in [-0.4, -0.2) is 26.4 Å². The molecule has 0 spiro atoms. The maximum atomic E-state index is 12.3. The number of thioether (sulfide) groups is 1. The van der Waals surface area contributed by atoms with Crippen molar-refractivity contribution >= 4 is 23.4 Å². The number of nitrogens with zero attached hydrogens (tertiary/aromatic N) is 3. The van der Waals surface area contributed by atoms with Crippen molar-refractivity contribution in [2.45, 2.75) is 32.5 Å². The van der Waals surface area contributed by atoms with E-state index >= 15 is 0 Å². The van der Waals surface area contributed by atoms with Crippen LogP contribution >= 0.6 is 11.8 Å². The van der Waals surface area contributed by atoms with Gasteiger partial charge in [0.05, 0.1) is 5.75 Å². The van der Waals surface area contributed by atoms with E-state index < -0.39 is 0 Å². The summed E-state index contributed by atoms with van der Waals surface area (Å²) in [5.74, 6) is 1.72. The predicted octanol–water partition coefficient (Wildman–Crippen LogP) is 4.05. The minimum absolute atomic E-state index is 0.0734. The molecule has 0 bridgehead atoms. The first-order valence-corrected chi connectivity index (χ1v) is 9.98. The van der Waals surface area contributed by atoms with Crippen LogP contribution in [0.25, 0.3) is 0 Å². The van der Waals surface area contributed by atoms with Gasteiger partial charge in [0.15, 0.2) is 11.0 Å². The summed E-state index contributed by atoms with van der Waals surface area (Å²) in [6.45, 7) is 6.35. The second-order valence-corrected chi connectivity index (χ2v) is 7.67. The number of carbonyl (C=O) groups excluding carboxylic acids is 1. The second kappa shape index (κ2) is 8.93. The number of aryl methyl sites for hydroxylation is 3. The molecule has 0 unspecified atom stereocenters. The summed E-state index contributed by atoms with van der Waals surface area (Å²) in [6.07, 6.45) is 0. The number of para-hydroxylation sites is 1. The fourth-order valence-electron chi connectivity index (χ4n) is 2.83. The third-order valence-corrected chi connectivity index (χ3v) is 5.23. The number of ether oxygens (including phenoxy) is 1. The average Bonchev–Trinajstić information content (AvgIpc) is 2.98. The second-order valence-electron chi connectivity index (χ2n) is 6.73. The Morgan fingerprint density at radius 1 is 1.11 bits per heavy atom. The van der Waals surface area contributed by atoms with Crippen LogP contribution in [0.4, 0.5) is 5.69 Å². The van der Waals surface area contributed by atoms with Gasteiger partial charge in [-0.2, -0.15) is 0 Å². The molecule has 146 valence electrons. The van der Waals surface area contributed by atoms with Crippen molar-refractivity contribution in [1.82, 2.24) is 14.8 Å². The van der Waals surface area contributed by atoms with Gasteiger partial charge in [0.25, 0.3) is 0 Å². The molecule has 3 aromatic rings. The molecule has 0 radical (unpaired) electrons. The predicted molar refractivity (Wildman–Crippen MR) is 112 cm³/mol. The maximum Gasteiger partial charge on any atom is 0.234 e. The molecule has 1 aromatic heterocycles. The van der Waals surface area contributed by atoms with Crippen LogP contribution in [0.3, 0.4) is 0 Å². The fraction of sp³-hybridized carbons (Fsp3) is 0.286. The number of anilines is 1. The quantitative estimate of drug-likeness (QED) is 0.610. The first kappa shape index (κ1) is 19.9. The van der Waals surface area contributed by atoms with Crippen molar-refractivity contribution in [2.24, 2.45) is 7.05 Å². The molecule has 2 aromatic carbocycles. The van der Waals surface area contributed by atoms with Crippen molar-refractivity contribution in [3.05, 3.63) is 65.0 Å². The van der Waals surface area contributed by atoms with Gasteiger partial charge in [-0.05, 0) is 55.7 Å². The number of rotatable bonds is 7. The molecule has 0 aliphatic carbocycles. The van der Waals surface area contributed by atoms with E-state index in [-0.39, 0.29) is 11.7 Å². The Morgan fingerprint density at radius 2 is 1.82 bits per heavy atom. The summed E-state index contributed by atoms with van der Waals surface area (Å²) in [6, 6.07) is 13.8. The van der Waals surface area contributed by atoms with E-state index in [2.05, 4.69) is 21.6 Å². The molecule has 0 atom stereocenters. The van der Waals surface area contributed by atoms with Gasteiger partial charge in [-0.15, -0.1) is 10.2 Å². The lowest BCUT2D eigenvalue weighted by molar-refractivity contribution is -0.113. The van der Waals surface area contributed by atoms with Gasteiger partial charge in [-0.1, -0.05) is 36.0 Å². The van der Waals surface area contributed by atoms with Crippen LogP contribution in [0.5, 0.6) is 5.75 Å². The molecular weight excluding hydrogens is 372 g/mol. The topological polar surface area (TPSA) is 69.0 Å². The SMILES string of the molecule is Cc1cc(C)cc(NC(=O)CSc2nnc(COc3ccccc3C)n2C)c1. The Morgan fingerprint density at radius 3 is 2.54 bits per heavy atom. The van der Waals surface area contributed by atoms with Gasteiger partial charge >= 0.3 is 0 Å². The highest BCUT2D eigenvalue weighted by Gasteiger charge is 2.13. The lowest BCUT2D eigenvalue weighted by Crippen LogP contribution is -2.14. The highest BCUT2D eigenvalue weighted by molar-refractivity contribution is 7.99. The van der Waals surface area contributed by atoms with Crippen molar-refractivity contribution < 1.29 is 9.53 Å². The Hall–Kier alpha value is -2.80. The molecule has 0 saturated heterocycles. The van der Waals surface area contributed by atoms with Crippen molar-refractivity contribution in [1.29, 1.82) is 0 Å². The third-order valence-electron chi connectivity index (χ3n) is 4.21. The molecule has 28 heavy (non-hydrogen) atoms. The zero-order chi connectivity index (χ0) is 20.1. The Bertz CT molecular complexity index is 964. The average molecular weight is 397 g/mol. The smallest absolute Gasteiger partial charge is 0.234 e. The molecular formula is C21H24N4O2S. The van der Waals surface area contributed by atoms with Gasteiger partial charge in [-0.3, -0.25) is 4.79 Å². The van der Waals surface area contributed by atoms with Crippen LogP contribution in [-0.2, 0) is 18.4 Å². The van der Waals surface area contributed by atoms with Crippen molar-refractivity contribution in [3.63, 3.8) is 0 Å². The van der Waals surface area contributed by atoms with Crippen LogP contribution < -0.4 is 10.1 Å². The molecule has 0 aliphatic heterocycles. The zero-order valence-corrected chi connectivity index (χ0v) is 17.3. The Labute approximate surface area is 169 Å². The molecule has 1 amide bonds. The van der Waals surface area contributed by atoms with E-state index in [0.29, 0.717) is 17.6 Å². The maximum absolute atomic E-state index is 12.3. The highest BCUT2D eigenvalue weighted by Crippen LogP contribution is 2.20. The van der Waals surface area contributed by atoms with E-state index in [0.717, 1.165) is 28.1 Å². The number of nitrogens with one attached hydrogen (secondary N) is 1. The Kier molecular flexibility index (Phi) is 6.36. The monoisotopic (exact) mass is 396 g/mol. The Balaban J connectivity index is 1.55. The van der Waals surface area contributed by atoms with E-state index in [1.807, 2.05) is 68.8 Å². The molecule has 7 heteroatoms. The van der Waals surface area contributed by atoms with Gasteiger partial charge in [0.2, 0.25) is 5.91 Å². The largest absolute Gasteiger partial charge is 0.485 e. The van der Waals surface area contributed by atoms with Gasteiger partial charge < -0.3 is 14.6 Å². The first-order chi connectivity index (χ1) is 13.4. The van der Waals surface area contributed by atoms with E-state index in [1.165, 1.54) is 11.8 Å². The summed E-state index contributed by atoms with van der Waals surface area (Å²) < 4.78 is 7.69. The molecule has 0 aliphatic rings.